The normalized spacial score (nSPS) is 15.1. The Hall–Kier alpha value is -2.32. The molecule has 2 aromatic rings. The molecule has 0 aliphatic carbocycles. The summed E-state index contributed by atoms with van der Waals surface area (Å²) in [5.74, 6) is 0.745. The number of carbonyl (C=O) groups is 2. The Morgan fingerprint density at radius 1 is 1.14 bits per heavy atom. The van der Waals surface area contributed by atoms with Crippen LogP contribution in [-0.2, 0) is 11.3 Å². The first kappa shape index (κ1) is 20.4. The molecule has 0 bridgehead atoms. The summed E-state index contributed by atoms with van der Waals surface area (Å²) in [5, 5.41) is 2.63. The van der Waals surface area contributed by atoms with Crippen LogP contribution in [0.5, 0.6) is 11.5 Å². The molecule has 3 rings (SSSR count). The first-order chi connectivity index (χ1) is 13.4. The van der Waals surface area contributed by atoms with Gasteiger partial charge in [-0.25, -0.2) is 4.79 Å². The number of nitrogens with zero attached hydrogens (tertiary/aromatic N) is 1. The topological polar surface area (TPSA) is 67.9 Å². The van der Waals surface area contributed by atoms with E-state index in [4.69, 9.17) is 9.47 Å². The molecule has 1 N–H and O–H groups in total. The second kappa shape index (κ2) is 8.79. The number of rotatable bonds is 6. The summed E-state index contributed by atoms with van der Waals surface area (Å²) in [5.41, 5.74) is 1.76. The van der Waals surface area contributed by atoms with Gasteiger partial charge in [0.15, 0.2) is 11.5 Å². The van der Waals surface area contributed by atoms with Crippen molar-refractivity contribution in [3.63, 3.8) is 0 Å². The molecular formula is C20H18Br2N2O4. The number of hydrogen-bond acceptors (Lipinski definition) is 4. The van der Waals surface area contributed by atoms with E-state index in [0.29, 0.717) is 28.1 Å². The van der Waals surface area contributed by atoms with E-state index in [-0.39, 0.29) is 18.1 Å². The highest BCUT2D eigenvalue weighted by atomic mass is 79.9. The molecule has 3 amide bonds. The van der Waals surface area contributed by atoms with Crippen LogP contribution in [0.1, 0.15) is 18.1 Å². The summed E-state index contributed by atoms with van der Waals surface area (Å²) in [6, 6.07) is 10.6. The van der Waals surface area contributed by atoms with Gasteiger partial charge in [0.2, 0.25) is 0 Å². The molecule has 0 spiro atoms. The lowest BCUT2D eigenvalue weighted by atomic mass is 10.1. The van der Waals surface area contributed by atoms with Crippen LogP contribution < -0.4 is 14.8 Å². The van der Waals surface area contributed by atoms with E-state index in [1.54, 1.807) is 25.3 Å². The van der Waals surface area contributed by atoms with Crippen molar-refractivity contribution in [3.8, 4) is 11.5 Å². The standard InChI is InChI=1S/C20H18Br2N2O4/c1-3-28-18-15(22)8-13(10-17(18)27-2)9-16-19(25)24(20(26)23-16)11-12-4-6-14(21)7-5-12/h4-10H,3,11H2,1-2H3,(H,23,26)/b16-9+. The van der Waals surface area contributed by atoms with Crippen molar-refractivity contribution in [1.29, 1.82) is 0 Å². The molecule has 8 heteroatoms. The van der Waals surface area contributed by atoms with Crippen molar-refractivity contribution >= 4 is 49.9 Å². The average molecular weight is 510 g/mol. The van der Waals surface area contributed by atoms with Crippen molar-refractivity contribution in [2.24, 2.45) is 0 Å². The number of hydrogen-bond donors (Lipinski definition) is 1. The molecule has 1 fully saturated rings. The molecule has 0 radical (unpaired) electrons. The van der Waals surface area contributed by atoms with E-state index in [0.717, 1.165) is 10.0 Å². The van der Waals surface area contributed by atoms with E-state index in [2.05, 4.69) is 37.2 Å². The maximum Gasteiger partial charge on any atom is 0.329 e. The summed E-state index contributed by atoms with van der Waals surface area (Å²) < 4.78 is 12.6. The SMILES string of the molecule is CCOc1c(Br)cc(/C=C2/NC(=O)N(Cc3ccc(Br)cc3)C2=O)cc1OC. The summed E-state index contributed by atoms with van der Waals surface area (Å²) in [4.78, 5) is 26.2. The molecule has 1 heterocycles. The lowest BCUT2D eigenvalue weighted by Crippen LogP contribution is -2.30. The Kier molecular flexibility index (Phi) is 6.41. The summed E-state index contributed by atoms with van der Waals surface area (Å²) in [6.45, 7) is 2.58. The number of halogens is 2. The third-order valence-electron chi connectivity index (χ3n) is 4.07. The van der Waals surface area contributed by atoms with Crippen LogP contribution in [-0.4, -0.2) is 30.6 Å². The van der Waals surface area contributed by atoms with Crippen LogP contribution in [0.2, 0.25) is 0 Å². The predicted octanol–water partition coefficient (Wildman–Crippen LogP) is 4.71. The zero-order valence-electron chi connectivity index (χ0n) is 15.3. The molecule has 0 atom stereocenters. The van der Waals surface area contributed by atoms with Gasteiger partial charge in [-0.2, -0.15) is 0 Å². The van der Waals surface area contributed by atoms with Gasteiger partial charge in [0, 0.05) is 4.47 Å². The number of ether oxygens (including phenoxy) is 2. The third kappa shape index (κ3) is 4.39. The van der Waals surface area contributed by atoms with Crippen molar-refractivity contribution in [2.75, 3.05) is 13.7 Å². The molecule has 146 valence electrons. The highest BCUT2D eigenvalue weighted by Crippen LogP contribution is 2.37. The Morgan fingerprint density at radius 2 is 1.86 bits per heavy atom. The Bertz CT molecular complexity index is 942. The first-order valence-corrected chi connectivity index (χ1v) is 10.1. The molecule has 0 saturated carbocycles. The average Bonchev–Trinajstić information content (AvgIpc) is 2.92. The smallest absolute Gasteiger partial charge is 0.329 e. The largest absolute Gasteiger partial charge is 0.493 e. The summed E-state index contributed by atoms with van der Waals surface area (Å²) in [6.07, 6.45) is 1.62. The van der Waals surface area contributed by atoms with Gasteiger partial charge >= 0.3 is 6.03 Å². The van der Waals surface area contributed by atoms with Crippen LogP contribution in [0.25, 0.3) is 6.08 Å². The maximum absolute atomic E-state index is 12.7. The summed E-state index contributed by atoms with van der Waals surface area (Å²) in [7, 11) is 1.55. The van der Waals surface area contributed by atoms with E-state index in [1.165, 1.54) is 4.90 Å². The number of imide groups is 1. The van der Waals surface area contributed by atoms with Gasteiger partial charge in [-0.05, 0) is 64.3 Å². The first-order valence-electron chi connectivity index (χ1n) is 8.52. The fraction of sp³-hybridized carbons (Fsp3) is 0.200. The lowest BCUT2D eigenvalue weighted by molar-refractivity contribution is -0.123. The van der Waals surface area contributed by atoms with Crippen LogP contribution in [0, 0.1) is 0 Å². The van der Waals surface area contributed by atoms with Gasteiger partial charge in [-0.15, -0.1) is 0 Å². The molecule has 1 saturated heterocycles. The van der Waals surface area contributed by atoms with Crippen molar-refractivity contribution in [3.05, 3.63) is 62.2 Å². The molecule has 0 unspecified atom stereocenters. The fourth-order valence-electron chi connectivity index (χ4n) is 2.76. The predicted molar refractivity (Wildman–Crippen MR) is 113 cm³/mol. The van der Waals surface area contributed by atoms with E-state index in [9.17, 15) is 9.59 Å². The van der Waals surface area contributed by atoms with Crippen LogP contribution >= 0.6 is 31.9 Å². The van der Waals surface area contributed by atoms with Crippen LogP contribution in [0.4, 0.5) is 4.79 Å². The Labute approximate surface area is 179 Å². The van der Waals surface area contributed by atoms with E-state index < -0.39 is 6.03 Å². The molecule has 1 aliphatic heterocycles. The van der Waals surface area contributed by atoms with Crippen LogP contribution in [0.3, 0.4) is 0 Å². The number of benzene rings is 2. The van der Waals surface area contributed by atoms with Crippen LogP contribution in [0.15, 0.2) is 51.0 Å². The Morgan fingerprint density at radius 3 is 2.50 bits per heavy atom. The van der Waals surface area contributed by atoms with Gasteiger partial charge in [-0.1, -0.05) is 28.1 Å². The van der Waals surface area contributed by atoms with Gasteiger partial charge in [0.1, 0.15) is 5.70 Å². The number of nitrogens with one attached hydrogen (secondary N) is 1. The second-order valence-corrected chi connectivity index (χ2v) is 7.74. The van der Waals surface area contributed by atoms with Gasteiger partial charge in [0.05, 0.1) is 24.7 Å². The van der Waals surface area contributed by atoms with E-state index >= 15 is 0 Å². The fourth-order valence-corrected chi connectivity index (χ4v) is 3.60. The molecule has 2 aromatic carbocycles. The van der Waals surface area contributed by atoms with Crippen molar-refractivity contribution in [1.82, 2.24) is 10.2 Å². The summed E-state index contributed by atoms with van der Waals surface area (Å²) >= 11 is 6.83. The monoisotopic (exact) mass is 508 g/mol. The molecule has 6 nitrogen and oxygen atoms in total. The zero-order valence-corrected chi connectivity index (χ0v) is 18.5. The van der Waals surface area contributed by atoms with Gasteiger partial charge < -0.3 is 14.8 Å². The highest BCUT2D eigenvalue weighted by molar-refractivity contribution is 9.10. The van der Waals surface area contributed by atoms with Gasteiger partial charge in [-0.3, -0.25) is 9.69 Å². The van der Waals surface area contributed by atoms with Crippen molar-refractivity contribution in [2.45, 2.75) is 13.5 Å². The zero-order chi connectivity index (χ0) is 20.3. The minimum absolute atomic E-state index is 0.200. The second-order valence-electron chi connectivity index (χ2n) is 5.97. The number of carbonyl (C=O) groups excluding carboxylic acids is 2. The Balaban J connectivity index is 1.85. The minimum atomic E-state index is -0.448. The third-order valence-corrected chi connectivity index (χ3v) is 5.19. The molecular weight excluding hydrogens is 492 g/mol. The van der Waals surface area contributed by atoms with Gasteiger partial charge in [0.25, 0.3) is 5.91 Å². The molecule has 0 aromatic heterocycles. The number of methoxy groups -OCH3 is 1. The lowest BCUT2D eigenvalue weighted by Gasteiger charge is -2.12. The van der Waals surface area contributed by atoms with Crippen molar-refractivity contribution < 1.29 is 19.1 Å². The number of amides is 3. The molecule has 28 heavy (non-hydrogen) atoms. The minimum Gasteiger partial charge on any atom is -0.493 e. The number of urea groups is 1. The van der Waals surface area contributed by atoms with E-state index in [1.807, 2.05) is 31.2 Å². The maximum atomic E-state index is 12.7. The highest BCUT2D eigenvalue weighted by Gasteiger charge is 2.33. The molecule has 1 aliphatic rings. The quantitative estimate of drug-likeness (QED) is 0.452.